The van der Waals surface area contributed by atoms with E-state index in [1.807, 2.05) is 22.9 Å². The summed E-state index contributed by atoms with van der Waals surface area (Å²) in [6.45, 7) is 2.47. The van der Waals surface area contributed by atoms with Crippen LogP contribution in [0.25, 0.3) is 0 Å². The fourth-order valence-corrected chi connectivity index (χ4v) is 2.86. The molecule has 1 saturated heterocycles. The third-order valence-electron chi connectivity index (χ3n) is 3.30. The van der Waals surface area contributed by atoms with Gasteiger partial charge >= 0.3 is 0 Å². The molecule has 6 heteroatoms. The summed E-state index contributed by atoms with van der Waals surface area (Å²) in [5, 5.41) is 6.61. The van der Waals surface area contributed by atoms with Crippen molar-refractivity contribution in [2.45, 2.75) is 19.4 Å². The van der Waals surface area contributed by atoms with Gasteiger partial charge in [0.2, 0.25) is 5.95 Å². The van der Waals surface area contributed by atoms with Gasteiger partial charge in [-0.05, 0) is 30.4 Å². The van der Waals surface area contributed by atoms with Crippen LogP contribution in [0.15, 0.2) is 29.1 Å². The van der Waals surface area contributed by atoms with Crippen LogP contribution in [0.2, 0.25) is 0 Å². The smallest absolute Gasteiger partial charge is 0.252 e. The number of carbonyl (C=O) groups is 1. The number of nitrogens with one attached hydrogen (secondary N) is 1. The molecule has 1 aliphatic heterocycles. The molecule has 0 radical (unpaired) electrons. The van der Waals surface area contributed by atoms with Crippen LogP contribution in [-0.2, 0) is 6.54 Å². The van der Waals surface area contributed by atoms with Crippen LogP contribution in [-0.4, -0.2) is 29.0 Å². The Morgan fingerprint density at radius 1 is 1.35 bits per heavy atom. The van der Waals surface area contributed by atoms with Crippen molar-refractivity contribution in [2.75, 3.05) is 18.0 Å². The van der Waals surface area contributed by atoms with Crippen LogP contribution in [0, 0.1) is 0 Å². The van der Waals surface area contributed by atoms with Crippen LogP contribution in [0.4, 0.5) is 5.95 Å². The fourth-order valence-electron chi connectivity index (χ4n) is 2.22. The second-order valence-corrected chi connectivity index (χ2v) is 5.52. The lowest BCUT2D eigenvalue weighted by atomic mass is 10.3. The first-order chi connectivity index (χ1) is 9.83. The van der Waals surface area contributed by atoms with Crippen molar-refractivity contribution >= 4 is 23.2 Å². The lowest BCUT2D eigenvalue weighted by molar-refractivity contribution is 0.0951. The van der Waals surface area contributed by atoms with Crippen molar-refractivity contribution in [2.24, 2.45) is 0 Å². The zero-order chi connectivity index (χ0) is 13.8. The number of nitrogens with zero attached hydrogens (tertiary/aromatic N) is 3. The van der Waals surface area contributed by atoms with Crippen molar-refractivity contribution in [3.8, 4) is 0 Å². The second kappa shape index (κ2) is 6.00. The largest absolute Gasteiger partial charge is 0.346 e. The van der Waals surface area contributed by atoms with Gasteiger partial charge in [-0.1, -0.05) is 0 Å². The molecule has 5 nitrogen and oxygen atoms in total. The SMILES string of the molecule is O=C(NCc1ccnc(N2CCCC2)n1)c1ccsc1. The quantitative estimate of drug-likeness (QED) is 0.935. The van der Waals surface area contributed by atoms with Crippen molar-refractivity contribution < 1.29 is 4.79 Å². The van der Waals surface area contributed by atoms with E-state index in [0.717, 1.165) is 24.7 Å². The summed E-state index contributed by atoms with van der Waals surface area (Å²) in [6.07, 6.45) is 4.15. The maximum atomic E-state index is 11.9. The van der Waals surface area contributed by atoms with Gasteiger partial charge in [0.05, 0.1) is 12.2 Å². The predicted octanol–water partition coefficient (Wildman–Crippen LogP) is 2.07. The fraction of sp³-hybridized carbons (Fsp3) is 0.357. The molecular weight excluding hydrogens is 272 g/mol. The van der Waals surface area contributed by atoms with E-state index >= 15 is 0 Å². The summed E-state index contributed by atoms with van der Waals surface area (Å²) in [5.74, 6) is 0.706. The molecule has 0 unspecified atom stereocenters. The molecule has 0 aliphatic carbocycles. The van der Waals surface area contributed by atoms with Crippen molar-refractivity contribution in [3.05, 3.63) is 40.3 Å². The van der Waals surface area contributed by atoms with Gasteiger partial charge in [-0.25, -0.2) is 9.97 Å². The summed E-state index contributed by atoms with van der Waals surface area (Å²) in [4.78, 5) is 22.9. The highest BCUT2D eigenvalue weighted by molar-refractivity contribution is 7.08. The molecule has 0 aromatic carbocycles. The Bertz CT molecular complexity index is 579. The zero-order valence-electron chi connectivity index (χ0n) is 11.1. The van der Waals surface area contributed by atoms with E-state index in [1.165, 1.54) is 24.2 Å². The molecule has 2 aromatic heterocycles. The number of hydrogen-bond acceptors (Lipinski definition) is 5. The van der Waals surface area contributed by atoms with Gasteiger partial charge in [0.1, 0.15) is 0 Å². The molecule has 20 heavy (non-hydrogen) atoms. The first kappa shape index (κ1) is 13.1. The number of carbonyl (C=O) groups excluding carboxylic acids is 1. The monoisotopic (exact) mass is 288 g/mol. The van der Waals surface area contributed by atoms with Gasteiger partial charge in [-0.15, -0.1) is 0 Å². The maximum absolute atomic E-state index is 11.9. The van der Waals surface area contributed by atoms with E-state index in [1.54, 1.807) is 6.20 Å². The van der Waals surface area contributed by atoms with Crippen molar-refractivity contribution in [3.63, 3.8) is 0 Å². The van der Waals surface area contributed by atoms with Crippen molar-refractivity contribution in [1.29, 1.82) is 0 Å². The first-order valence-electron chi connectivity index (χ1n) is 6.70. The molecule has 1 aliphatic rings. The van der Waals surface area contributed by atoms with E-state index in [-0.39, 0.29) is 5.91 Å². The third-order valence-corrected chi connectivity index (χ3v) is 3.99. The topological polar surface area (TPSA) is 58.1 Å². The Morgan fingerprint density at radius 2 is 2.20 bits per heavy atom. The molecule has 1 fully saturated rings. The Kier molecular flexibility index (Phi) is 3.92. The zero-order valence-corrected chi connectivity index (χ0v) is 11.9. The molecule has 1 amide bonds. The standard InChI is InChI=1S/C14H16N4OS/c19-13(11-4-8-20-10-11)16-9-12-3-5-15-14(17-12)18-6-1-2-7-18/h3-5,8,10H,1-2,6-7,9H2,(H,16,19). The molecule has 1 N–H and O–H groups in total. The van der Waals surface area contributed by atoms with Gasteiger partial charge < -0.3 is 10.2 Å². The molecule has 0 bridgehead atoms. The van der Waals surface area contributed by atoms with Gasteiger partial charge in [0.15, 0.2) is 0 Å². The van der Waals surface area contributed by atoms with Gasteiger partial charge in [0, 0.05) is 30.2 Å². The Morgan fingerprint density at radius 3 is 2.95 bits per heavy atom. The summed E-state index contributed by atoms with van der Waals surface area (Å²) < 4.78 is 0. The van der Waals surface area contributed by atoms with E-state index < -0.39 is 0 Å². The average Bonchev–Trinajstić information content (AvgIpc) is 3.17. The summed E-state index contributed by atoms with van der Waals surface area (Å²) in [6, 6.07) is 3.66. The Hall–Kier alpha value is -1.95. The van der Waals surface area contributed by atoms with Crippen LogP contribution in [0.3, 0.4) is 0 Å². The van der Waals surface area contributed by atoms with Crippen LogP contribution >= 0.6 is 11.3 Å². The van der Waals surface area contributed by atoms with Crippen LogP contribution < -0.4 is 10.2 Å². The van der Waals surface area contributed by atoms with Gasteiger partial charge in [0.25, 0.3) is 5.91 Å². The lowest BCUT2D eigenvalue weighted by Crippen LogP contribution is -2.24. The molecule has 0 saturated carbocycles. The molecule has 0 atom stereocenters. The molecular formula is C14H16N4OS. The molecule has 0 spiro atoms. The second-order valence-electron chi connectivity index (χ2n) is 4.74. The number of hydrogen-bond donors (Lipinski definition) is 1. The summed E-state index contributed by atoms with van der Waals surface area (Å²) in [5.41, 5.74) is 1.54. The molecule has 3 heterocycles. The number of amides is 1. The minimum Gasteiger partial charge on any atom is -0.346 e. The minimum absolute atomic E-state index is 0.0624. The average molecular weight is 288 g/mol. The molecule has 3 rings (SSSR count). The number of aromatic nitrogens is 2. The highest BCUT2D eigenvalue weighted by Gasteiger charge is 2.15. The van der Waals surface area contributed by atoms with Crippen LogP contribution in [0.1, 0.15) is 28.9 Å². The highest BCUT2D eigenvalue weighted by Crippen LogP contribution is 2.15. The maximum Gasteiger partial charge on any atom is 0.252 e. The number of rotatable bonds is 4. The highest BCUT2D eigenvalue weighted by atomic mass is 32.1. The number of anilines is 1. The van der Waals surface area contributed by atoms with E-state index in [0.29, 0.717) is 12.1 Å². The predicted molar refractivity (Wildman–Crippen MR) is 79.0 cm³/mol. The Balaban J connectivity index is 1.62. The van der Waals surface area contributed by atoms with Gasteiger partial charge in [-0.3, -0.25) is 4.79 Å². The first-order valence-corrected chi connectivity index (χ1v) is 7.64. The van der Waals surface area contributed by atoms with Gasteiger partial charge in [-0.2, -0.15) is 11.3 Å². The van der Waals surface area contributed by atoms with Crippen molar-refractivity contribution in [1.82, 2.24) is 15.3 Å². The summed E-state index contributed by atoms with van der Waals surface area (Å²) >= 11 is 1.52. The van der Waals surface area contributed by atoms with E-state index in [9.17, 15) is 4.79 Å². The minimum atomic E-state index is -0.0624. The van der Waals surface area contributed by atoms with E-state index in [2.05, 4.69) is 20.2 Å². The lowest BCUT2D eigenvalue weighted by Gasteiger charge is -2.15. The summed E-state index contributed by atoms with van der Waals surface area (Å²) in [7, 11) is 0. The van der Waals surface area contributed by atoms with E-state index in [4.69, 9.17) is 0 Å². The molecule has 2 aromatic rings. The van der Waals surface area contributed by atoms with Crippen LogP contribution in [0.5, 0.6) is 0 Å². The third kappa shape index (κ3) is 2.96. The Labute approximate surface area is 121 Å². The normalized spacial score (nSPS) is 14.5. The molecule has 104 valence electrons. The number of thiophene rings is 1.